The number of rotatable bonds is 58. The van der Waals surface area contributed by atoms with Crippen LogP contribution in [0.25, 0.3) is 0 Å². The number of carbonyl (C=O) groups is 2. The Morgan fingerprint density at radius 3 is 1.30 bits per heavy atom. The molecule has 1 fully saturated rings. The van der Waals surface area contributed by atoms with Crippen LogP contribution < -0.4 is 5.32 Å². The van der Waals surface area contributed by atoms with E-state index in [1.807, 2.05) is 6.08 Å². The third-order valence-electron chi connectivity index (χ3n) is 15.8. The third-order valence-corrected chi connectivity index (χ3v) is 15.8. The van der Waals surface area contributed by atoms with Gasteiger partial charge in [0, 0.05) is 6.42 Å². The van der Waals surface area contributed by atoms with Crippen LogP contribution in [0.3, 0.4) is 0 Å². The standard InChI is InChI=1S/C71H127NO10/c1-4-7-10-13-16-19-22-25-27-28-29-30-31-32-33-34-35-36-37-38-39-41-44-47-50-53-56-59-66(76)82-69-68(78)67(77)65(60-73)81-71(69)80-61-62(63(74)57-54-51-48-45-42-24-21-18-15-12-9-6-3)72-70(79)64(75)58-55-52-49-46-43-40-26-23-20-17-14-11-8-5-2/h16,19-20,23,25,27,29-30,32-33,54,57,62-65,67-69,71,73-75,77-78H,4-15,17-18,21-22,24,26,28,31,34-53,55-56,58-61H2,1-3H3,(H,72,79)/b19-16-,23-20-,27-25-,30-29-,33-32-,57-54+. The van der Waals surface area contributed by atoms with E-state index < -0.39 is 67.4 Å². The molecule has 1 aliphatic rings. The van der Waals surface area contributed by atoms with Gasteiger partial charge in [-0.15, -0.1) is 0 Å². The van der Waals surface area contributed by atoms with Crippen molar-refractivity contribution in [1.82, 2.24) is 5.32 Å². The number of hydrogen-bond donors (Lipinski definition) is 6. The molecule has 11 heteroatoms. The maximum Gasteiger partial charge on any atom is 0.306 e. The molecule has 1 saturated heterocycles. The number of unbranched alkanes of at least 4 members (excludes halogenated alkanes) is 34. The molecular formula is C71H127NO10. The summed E-state index contributed by atoms with van der Waals surface area (Å²) in [5.41, 5.74) is 0. The first-order valence-corrected chi connectivity index (χ1v) is 34.2. The highest BCUT2D eigenvalue weighted by molar-refractivity contribution is 5.80. The zero-order chi connectivity index (χ0) is 59.6. The molecule has 11 nitrogen and oxygen atoms in total. The number of hydrogen-bond acceptors (Lipinski definition) is 10. The summed E-state index contributed by atoms with van der Waals surface area (Å²) in [5, 5.41) is 57.1. The van der Waals surface area contributed by atoms with Crippen molar-refractivity contribution in [2.75, 3.05) is 13.2 Å². The zero-order valence-electron chi connectivity index (χ0n) is 52.9. The molecule has 0 spiro atoms. The van der Waals surface area contributed by atoms with Gasteiger partial charge in [-0.2, -0.15) is 0 Å². The first-order valence-electron chi connectivity index (χ1n) is 34.2. The van der Waals surface area contributed by atoms with Crippen LogP contribution in [0.5, 0.6) is 0 Å². The number of ether oxygens (including phenoxy) is 3. The van der Waals surface area contributed by atoms with Gasteiger partial charge in [0.05, 0.1) is 25.4 Å². The van der Waals surface area contributed by atoms with E-state index in [1.165, 1.54) is 161 Å². The lowest BCUT2D eigenvalue weighted by Gasteiger charge is -2.41. The summed E-state index contributed by atoms with van der Waals surface area (Å²) in [6, 6.07) is -1.03. The maximum atomic E-state index is 13.4. The molecule has 1 amide bonds. The number of esters is 1. The Balaban J connectivity index is 2.56. The fourth-order valence-corrected chi connectivity index (χ4v) is 10.4. The second-order valence-corrected chi connectivity index (χ2v) is 23.6. The SMILES string of the molecule is CCCCC/C=C\C/C=C\C/C=C\C/C=C\CCCCCCCCCCCCCC(=O)OC1C(OCC(NC(=O)C(O)CCCCCCCC/C=C\CCCCCC)C(O)/C=C/CCCCCCCCCCCC)OC(CO)C(O)C1O. The van der Waals surface area contributed by atoms with Crippen LogP contribution in [0.15, 0.2) is 72.9 Å². The van der Waals surface area contributed by atoms with Gasteiger partial charge in [0.25, 0.3) is 0 Å². The first-order chi connectivity index (χ1) is 40.2. The lowest BCUT2D eigenvalue weighted by atomic mass is 9.99. The summed E-state index contributed by atoms with van der Waals surface area (Å²) < 4.78 is 17.7. The molecule has 0 aromatic rings. The molecule has 8 atom stereocenters. The molecule has 0 saturated carbocycles. The van der Waals surface area contributed by atoms with E-state index in [1.54, 1.807) is 6.08 Å². The van der Waals surface area contributed by atoms with Gasteiger partial charge < -0.3 is 45.1 Å². The van der Waals surface area contributed by atoms with Gasteiger partial charge in [0.2, 0.25) is 5.91 Å². The van der Waals surface area contributed by atoms with Gasteiger partial charge in [0.1, 0.15) is 24.4 Å². The largest absolute Gasteiger partial charge is 0.454 e. The van der Waals surface area contributed by atoms with Gasteiger partial charge in [0.15, 0.2) is 12.4 Å². The zero-order valence-corrected chi connectivity index (χ0v) is 52.9. The van der Waals surface area contributed by atoms with Gasteiger partial charge in [-0.3, -0.25) is 9.59 Å². The number of aliphatic hydroxyl groups is 5. The van der Waals surface area contributed by atoms with E-state index >= 15 is 0 Å². The predicted octanol–water partition coefficient (Wildman–Crippen LogP) is 17.1. The minimum absolute atomic E-state index is 0.118. The fourth-order valence-electron chi connectivity index (χ4n) is 10.4. The molecular weight excluding hydrogens is 1030 g/mol. The summed E-state index contributed by atoms with van der Waals surface area (Å²) in [7, 11) is 0. The average molecular weight is 1150 g/mol. The van der Waals surface area contributed by atoms with Crippen molar-refractivity contribution < 1.29 is 49.3 Å². The van der Waals surface area contributed by atoms with E-state index in [2.05, 4.69) is 86.8 Å². The molecule has 0 aromatic carbocycles. The Labute approximate surface area is 502 Å². The number of carbonyl (C=O) groups excluding carboxylic acids is 2. The van der Waals surface area contributed by atoms with E-state index in [-0.39, 0.29) is 19.4 Å². The fraction of sp³-hybridized carbons (Fsp3) is 0.803. The Morgan fingerprint density at radius 2 is 0.841 bits per heavy atom. The van der Waals surface area contributed by atoms with E-state index in [9.17, 15) is 35.1 Å². The third kappa shape index (κ3) is 45.5. The molecule has 0 aliphatic carbocycles. The van der Waals surface area contributed by atoms with Crippen molar-refractivity contribution in [3.8, 4) is 0 Å². The van der Waals surface area contributed by atoms with Crippen molar-refractivity contribution in [3.63, 3.8) is 0 Å². The summed E-state index contributed by atoms with van der Waals surface area (Å²) in [4.78, 5) is 26.6. The molecule has 0 bridgehead atoms. The summed E-state index contributed by atoms with van der Waals surface area (Å²) in [6.45, 7) is 5.76. The molecule has 8 unspecified atom stereocenters. The van der Waals surface area contributed by atoms with Crippen molar-refractivity contribution in [1.29, 1.82) is 0 Å². The van der Waals surface area contributed by atoms with Crippen molar-refractivity contribution in [2.45, 2.75) is 352 Å². The molecule has 1 heterocycles. The van der Waals surface area contributed by atoms with Gasteiger partial charge >= 0.3 is 5.97 Å². The second-order valence-electron chi connectivity index (χ2n) is 23.6. The minimum atomic E-state index is -1.62. The molecule has 1 aliphatic heterocycles. The number of allylic oxidation sites excluding steroid dienone is 11. The van der Waals surface area contributed by atoms with Crippen LogP contribution in [0.2, 0.25) is 0 Å². The Hall–Kier alpha value is -2.90. The van der Waals surface area contributed by atoms with Gasteiger partial charge in [-0.05, 0) is 96.3 Å². The molecule has 1 rings (SSSR count). The second kappa shape index (κ2) is 58.5. The lowest BCUT2D eigenvalue weighted by molar-refractivity contribution is -0.305. The Bertz CT molecular complexity index is 1610. The Morgan fingerprint density at radius 1 is 0.476 bits per heavy atom. The highest BCUT2D eigenvalue weighted by atomic mass is 16.7. The quantitative estimate of drug-likeness (QED) is 0.0195. The van der Waals surface area contributed by atoms with E-state index in [0.29, 0.717) is 12.8 Å². The van der Waals surface area contributed by atoms with E-state index in [4.69, 9.17) is 14.2 Å². The van der Waals surface area contributed by atoms with Crippen molar-refractivity contribution in [3.05, 3.63) is 72.9 Å². The first kappa shape index (κ1) is 77.1. The smallest absolute Gasteiger partial charge is 0.306 e. The molecule has 6 N–H and O–H groups in total. The molecule has 0 aromatic heterocycles. The van der Waals surface area contributed by atoms with Crippen LogP contribution in [-0.4, -0.2) is 99.6 Å². The average Bonchev–Trinajstić information content (AvgIpc) is 3.48. The monoisotopic (exact) mass is 1150 g/mol. The normalized spacial score (nSPS) is 19.0. The summed E-state index contributed by atoms with van der Waals surface area (Å²) >= 11 is 0. The Kier molecular flexibility index (Phi) is 55.0. The highest BCUT2D eigenvalue weighted by Gasteiger charge is 2.47. The van der Waals surface area contributed by atoms with Crippen LogP contribution in [0, 0.1) is 0 Å². The maximum absolute atomic E-state index is 13.4. The molecule has 476 valence electrons. The van der Waals surface area contributed by atoms with Crippen LogP contribution in [0.4, 0.5) is 0 Å². The van der Waals surface area contributed by atoms with Gasteiger partial charge in [-0.1, -0.05) is 273 Å². The van der Waals surface area contributed by atoms with Gasteiger partial charge in [-0.25, -0.2) is 0 Å². The van der Waals surface area contributed by atoms with Crippen molar-refractivity contribution in [2.24, 2.45) is 0 Å². The van der Waals surface area contributed by atoms with Crippen LogP contribution in [-0.2, 0) is 23.8 Å². The van der Waals surface area contributed by atoms with E-state index in [0.717, 1.165) is 96.3 Å². The minimum Gasteiger partial charge on any atom is -0.454 e. The molecule has 0 radical (unpaired) electrons. The number of nitrogens with one attached hydrogen (secondary N) is 1. The van der Waals surface area contributed by atoms with Crippen LogP contribution >= 0.6 is 0 Å². The number of amides is 1. The highest BCUT2D eigenvalue weighted by Crippen LogP contribution is 2.26. The summed E-state index contributed by atoms with van der Waals surface area (Å²) in [5.74, 6) is -1.20. The predicted molar refractivity (Wildman–Crippen MR) is 343 cm³/mol. The lowest BCUT2D eigenvalue weighted by Crippen LogP contribution is -2.61. The van der Waals surface area contributed by atoms with Crippen LogP contribution in [0.1, 0.15) is 303 Å². The van der Waals surface area contributed by atoms with Crippen molar-refractivity contribution >= 4 is 11.9 Å². The molecule has 82 heavy (non-hydrogen) atoms. The number of aliphatic hydroxyl groups excluding tert-OH is 5. The summed E-state index contributed by atoms with van der Waals surface area (Å²) in [6.07, 6.45) is 65.1. The topological polar surface area (TPSA) is 175 Å².